The van der Waals surface area contributed by atoms with Gasteiger partial charge in [-0.05, 0) is 59.0 Å². The molecule has 3 nitrogen and oxygen atoms in total. The van der Waals surface area contributed by atoms with Crippen LogP contribution >= 0.6 is 0 Å². The second-order valence-electron chi connectivity index (χ2n) is 7.87. The van der Waals surface area contributed by atoms with Crippen LogP contribution < -0.4 is 14.8 Å². The van der Waals surface area contributed by atoms with E-state index in [4.69, 9.17) is 9.47 Å². The minimum absolute atomic E-state index is 0.475. The van der Waals surface area contributed by atoms with Gasteiger partial charge in [-0.3, -0.25) is 0 Å². The molecule has 1 N–H and O–H groups in total. The second-order valence-corrected chi connectivity index (χ2v) is 7.87. The highest BCUT2D eigenvalue weighted by molar-refractivity contribution is 5.85. The van der Waals surface area contributed by atoms with Gasteiger partial charge in [0, 0.05) is 17.8 Å². The van der Waals surface area contributed by atoms with E-state index in [1.165, 1.54) is 16.3 Å². The largest absolute Gasteiger partial charge is 0.493 e. The van der Waals surface area contributed by atoms with Gasteiger partial charge < -0.3 is 14.8 Å². The Morgan fingerprint density at radius 1 is 0.906 bits per heavy atom. The molecule has 4 rings (SSSR count). The Bertz CT molecular complexity index is 1220. The molecule has 0 fully saturated rings. The molecular weight excluding hydrogens is 394 g/mol. The summed E-state index contributed by atoms with van der Waals surface area (Å²) in [6.45, 7) is 7.22. The number of aryl methyl sites for hydroxylation is 1. The maximum atomic E-state index is 6.35. The summed E-state index contributed by atoms with van der Waals surface area (Å²) in [6.07, 6.45) is 2.61. The highest BCUT2D eigenvalue weighted by Gasteiger charge is 2.14. The summed E-state index contributed by atoms with van der Waals surface area (Å²) in [5.74, 6) is 1.52. The summed E-state index contributed by atoms with van der Waals surface area (Å²) in [7, 11) is 1.69. The number of benzene rings is 4. The summed E-state index contributed by atoms with van der Waals surface area (Å²) in [4.78, 5) is 0. The molecule has 0 aliphatic heterocycles. The van der Waals surface area contributed by atoms with Crippen LogP contribution in [0.15, 0.2) is 91.5 Å². The average molecular weight is 424 g/mol. The van der Waals surface area contributed by atoms with Gasteiger partial charge in [0.1, 0.15) is 6.61 Å². The lowest BCUT2D eigenvalue weighted by Crippen LogP contribution is -2.05. The number of rotatable bonds is 9. The number of fused-ring (bicyclic) bond motifs is 1. The average Bonchev–Trinajstić information content (AvgIpc) is 2.82. The fourth-order valence-corrected chi connectivity index (χ4v) is 3.98. The molecule has 0 saturated heterocycles. The molecule has 0 aromatic heterocycles. The number of para-hydroxylation sites is 1. The zero-order valence-electron chi connectivity index (χ0n) is 18.7. The van der Waals surface area contributed by atoms with Crippen molar-refractivity contribution in [2.75, 3.05) is 12.4 Å². The van der Waals surface area contributed by atoms with Crippen LogP contribution in [0.2, 0.25) is 0 Å². The van der Waals surface area contributed by atoms with Crippen molar-refractivity contribution in [1.29, 1.82) is 0 Å². The third-order valence-electron chi connectivity index (χ3n) is 5.66. The number of ether oxygens (including phenoxy) is 2. The zero-order valence-corrected chi connectivity index (χ0v) is 18.7. The summed E-state index contributed by atoms with van der Waals surface area (Å²) in [5.41, 5.74) is 5.72. The van der Waals surface area contributed by atoms with Gasteiger partial charge in [-0.1, -0.05) is 66.7 Å². The van der Waals surface area contributed by atoms with E-state index >= 15 is 0 Å². The molecule has 4 aromatic rings. The van der Waals surface area contributed by atoms with E-state index in [1.807, 2.05) is 18.2 Å². The Balaban J connectivity index is 1.59. The van der Waals surface area contributed by atoms with Crippen LogP contribution in [-0.2, 0) is 19.6 Å². The van der Waals surface area contributed by atoms with Crippen LogP contribution in [0.5, 0.6) is 11.5 Å². The van der Waals surface area contributed by atoms with E-state index in [9.17, 15) is 0 Å². The molecule has 0 unspecified atom stereocenters. The first-order valence-electron chi connectivity index (χ1n) is 10.9. The Labute approximate surface area is 190 Å². The third-order valence-corrected chi connectivity index (χ3v) is 5.66. The molecule has 0 heterocycles. The smallest absolute Gasteiger partial charge is 0.165 e. The molecule has 32 heavy (non-hydrogen) atoms. The fourth-order valence-electron chi connectivity index (χ4n) is 3.98. The van der Waals surface area contributed by atoms with Gasteiger partial charge in [0.15, 0.2) is 11.5 Å². The Morgan fingerprint density at radius 3 is 2.50 bits per heavy atom. The Kier molecular flexibility index (Phi) is 6.76. The minimum atomic E-state index is 0.475. The molecule has 0 radical (unpaired) electrons. The van der Waals surface area contributed by atoms with Gasteiger partial charge in [-0.25, -0.2) is 0 Å². The highest BCUT2D eigenvalue weighted by Crippen LogP contribution is 2.35. The van der Waals surface area contributed by atoms with Crippen LogP contribution in [0.1, 0.15) is 22.3 Å². The van der Waals surface area contributed by atoms with E-state index in [0.29, 0.717) is 19.6 Å². The van der Waals surface area contributed by atoms with Gasteiger partial charge in [-0.15, -0.1) is 6.58 Å². The topological polar surface area (TPSA) is 30.5 Å². The lowest BCUT2D eigenvalue weighted by Gasteiger charge is -2.18. The summed E-state index contributed by atoms with van der Waals surface area (Å²) in [5, 5.41) is 5.94. The van der Waals surface area contributed by atoms with Crippen molar-refractivity contribution in [3.8, 4) is 11.5 Å². The van der Waals surface area contributed by atoms with Gasteiger partial charge in [0.2, 0.25) is 0 Å². The third kappa shape index (κ3) is 4.78. The number of hydrogen-bond acceptors (Lipinski definition) is 3. The number of allylic oxidation sites excluding steroid dienone is 1. The second kappa shape index (κ2) is 10.1. The molecule has 0 aliphatic carbocycles. The molecule has 0 spiro atoms. The van der Waals surface area contributed by atoms with Crippen LogP contribution in [0, 0.1) is 6.92 Å². The Morgan fingerprint density at radius 2 is 1.69 bits per heavy atom. The van der Waals surface area contributed by atoms with E-state index in [1.54, 1.807) is 7.11 Å². The van der Waals surface area contributed by atoms with Crippen molar-refractivity contribution >= 4 is 16.5 Å². The van der Waals surface area contributed by atoms with Gasteiger partial charge >= 0.3 is 0 Å². The van der Waals surface area contributed by atoms with E-state index in [2.05, 4.69) is 85.5 Å². The van der Waals surface area contributed by atoms with Gasteiger partial charge in [0.25, 0.3) is 0 Å². The first-order chi connectivity index (χ1) is 15.7. The first-order valence-corrected chi connectivity index (χ1v) is 10.9. The minimum Gasteiger partial charge on any atom is -0.493 e. The van der Waals surface area contributed by atoms with Crippen LogP contribution in [0.3, 0.4) is 0 Å². The van der Waals surface area contributed by atoms with Crippen molar-refractivity contribution in [2.45, 2.75) is 26.5 Å². The number of anilines is 1. The summed E-state index contributed by atoms with van der Waals surface area (Å²) < 4.78 is 12.1. The highest BCUT2D eigenvalue weighted by atomic mass is 16.5. The lowest BCUT2D eigenvalue weighted by atomic mass is 10.0. The lowest BCUT2D eigenvalue weighted by molar-refractivity contribution is 0.283. The predicted octanol–water partition coefficient (Wildman–Crippen LogP) is 7.08. The van der Waals surface area contributed by atoms with Gasteiger partial charge in [0.05, 0.1) is 7.11 Å². The fraction of sp³-hybridized carbons (Fsp3) is 0.172. The molecule has 0 amide bonds. The van der Waals surface area contributed by atoms with Crippen molar-refractivity contribution in [1.82, 2.24) is 0 Å². The zero-order chi connectivity index (χ0) is 22.3. The van der Waals surface area contributed by atoms with Crippen molar-refractivity contribution in [2.24, 2.45) is 0 Å². The molecule has 0 atom stereocenters. The predicted molar refractivity (Wildman–Crippen MR) is 134 cm³/mol. The maximum absolute atomic E-state index is 6.35. The molecular formula is C29H29NO2. The van der Waals surface area contributed by atoms with Crippen LogP contribution in [-0.4, -0.2) is 7.11 Å². The molecule has 162 valence electrons. The van der Waals surface area contributed by atoms with Gasteiger partial charge in [-0.2, -0.15) is 0 Å². The van der Waals surface area contributed by atoms with E-state index < -0.39 is 0 Å². The number of methoxy groups -OCH3 is 1. The Hall–Kier alpha value is -3.72. The van der Waals surface area contributed by atoms with Crippen molar-refractivity contribution in [3.05, 3.63) is 114 Å². The molecule has 0 bridgehead atoms. The number of hydrogen-bond donors (Lipinski definition) is 1. The molecule has 4 aromatic carbocycles. The quantitative estimate of drug-likeness (QED) is 0.292. The SMILES string of the molecule is C=CCc1cc(CNc2ccccc2C)cc(OC)c1OCc1cccc2ccccc12. The van der Waals surface area contributed by atoms with E-state index in [0.717, 1.165) is 33.9 Å². The summed E-state index contributed by atoms with van der Waals surface area (Å²) in [6, 6.07) is 27.2. The molecule has 0 aliphatic rings. The normalized spacial score (nSPS) is 10.7. The van der Waals surface area contributed by atoms with Crippen LogP contribution in [0.25, 0.3) is 10.8 Å². The van der Waals surface area contributed by atoms with E-state index in [-0.39, 0.29) is 0 Å². The number of nitrogens with one attached hydrogen (secondary N) is 1. The van der Waals surface area contributed by atoms with Crippen molar-refractivity contribution < 1.29 is 9.47 Å². The first kappa shape index (κ1) is 21.5. The summed E-state index contributed by atoms with van der Waals surface area (Å²) >= 11 is 0. The maximum Gasteiger partial charge on any atom is 0.165 e. The standard InChI is InChI=1S/C29H29NO2/c1-4-10-24-17-22(19-30-27-16-8-5-11-21(27)2)18-28(31-3)29(24)32-20-25-14-9-13-23-12-6-7-15-26(23)25/h4-9,11-18,30H,1,10,19-20H2,2-3H3. The molecule has 0 saturated carbocycles. The van der Waals surface area contributed by atoms with Crippen LogP contribution in [0.4, 0.5) is 5.69 Å². The molecule has 3 heteroatoms. The van der Waals surface area contributed by atoms with Crippen molar-refractivity contribution in [3.63, 3.8) is 0 Å². The monoisotopic (exact) mass is 423 g/mol.